The lowest BCUT2D eigenvalue weighted by atomic mass is 10.2. The molecule has 0 spiro atoms. The lowest BCUT2D eigenvalue weighted by molar-refractivity contribution is -0.141. The van der Waals surface area contributed by atoms with Gasteiger partial charge in [-0.25, -0.2) is 4.79 Å². The van der Waals surface area contributed by atoms with E-state index in [1.165, 1.54) is 7.11 Å². The molecule has 1 aromatic heterocycles. The molecule has 0 radical (unpaired) electrons. The summed E-state index contributed by atoms with van der Waals surface area (Å²) in [7, 11) is 1.37. The molecule has 6 heteroatoms. The zero-order valence-electron chi connectivity index (χ0n) is 9.51. The van der Waals surface area contributed by atoms with E-state index in [0.717, 1.165) is 17.9 Å². The molecule has 0 aliphatic carbocycles. The van der Waals surface area contributed by atoms with Gasteiger partial charge in [0.25, 0.3) is 0 Å². The summed E-state index contributed by atoms with van der Waals surface area (Å²) in [5.41, 5.74) is 6.86. The molecule has 1 unspecified atom stereocenters. The first-order valence-corrected chi connectivity index (χ1v) is 5.36. The molecule has 6 nitrogen and oxygen atoms in total. The van der Waals surface area contributed by atoms with Crippen LogP contribution >= 0.6 is 0 Å². The zero-order valence-corrected chi connectivity index (χ0v) is 9.51. The monoisotopic (exact) mass is 234 g/mol. The molecule has 1 aliphatic heterocycles. The van der Waals surface area contributed by atoms with Crippen molar-refractivity contribution in [1.29, 1.82) is 0 Å². The van der Waals surface area contributed by atoms with E-state index in [1.54, 1.807) is 12.4 Å². The van der Waals surface area contributed by atoms with Gasteiger partial charge < -0.3 is 4.74 Å². The number of carbonyl (C=O) groups excluding carboxylic acids is 1. The summed E-state index contributed by atoms with van der Waals surface area (Å²) < 4.78 is 4.64. The summed E-state index contributed by atoms with van der Waals surface area (Å²) in [5, 5.41) is 0. The Hall–Kier alpha value is -2.11. The average molecular weight is 234 g/mol. The number of aliphatic imine (C=N–C) groups is 1. The van der Waals surface area contributed by atoms with Gasteiger partial charge in [-0.3, -0.25) is 20.8 Å². The predicted molar refractivity (Wildman–Crippen MR) is 63.5 cm³/mol. The van der Waals surface area contributed by atoms with Crippen molar-refractivity contribution < 1.29 is 9.53 Å². The third kappa shape index (κ3) is 2.93. The van der Waals surface area contributed by atoms with Crippen LogP contribution in [-0.4, -0.2) is 29.9 Å². The van der Waals surface area contributed by atoms with Crippen molar-refractivity contribution in [2.75, 3.05) is 12.5 Å². The van der Waals surface area contributed by atoms with Gasteiger partial charge in [-0.15, -0.1) is 0 Å². The van der Waals surface area contributed by atoms with Gasteiger partial charge in [-0.1, -0.05) is 0 Å². The summed E-state index contributed by atoms with van der Waals surface area (Å²) in [6.07, 6.45) is 4.81. The van der Waals surface area contributed by atoms with E-state index in [2.05, 4.69) is 25.6 Å². The molecule has 2 N–H and O–H groups in total. The molecule has 0 saturated carbocycles. The largest absolute Gasteiger partial charge is 0.467 e. The minimum absolute atomic E-state index is 0.286. The number of hydrogen-bond donors (Lipinski definition) is 2. The van der Waals surface area contributed by atoms with Crippen molar-refractivity contribution >= 4 is 17.5 Å². The molecule has 17 heavy (non-hydrogen) atoms. The van der Waals surface area contributed by atoms with Crippen LogP contribution < -0.4 is 10.9 Å². The maximum atomic E-state index is 11.2. The Morgan fingerprint density at radius 2 is 2.18 bits per heavy atom. The van der Waals surface area contributed by atoms with Crippen LogP contribution in [0.25, 0.3) is 0 Å². The van der Waals surface area contributed by atoms with E-state index in [4.69, 9.17) is 0 Å². The molecule has 0 aromatic carbocycles. The number of nitrogens with zero attached hydrogens (tertiary/aromatic N) is 2. The van der Waals surface area contributed by atoms with E-state index < -0.39 is 0 Å². The number of amidine groups is 1. The van der Waals surface area contributed by atoms with Gasteiger partial charge in [0.05, 0.1) is 12.8 Å². The topological polar surface area (TPSA) is 75.6 Å². The Kier molecular flexibility index (Phi) is 3.54. The highest BCUT2D eigenvalue weighted by molar-refractivity contribution is 5.90. The molecule has 0 bridgehead atoms. The van der Waals surface area contributed by atoms with Crippen molar-refractivity contribution in [3.05, 3.63) is 24.5 Å². The van der Waals surface area contributed by atoms with Crippen molar-refractivity contribution in [1.82, 2.24) is 10.4 Å². The number of rotatable bonds is 3. The lowest BCUT2D eigenvalue weighted by Crippen LogP contribution is -2.28. The summed E-state index contributed by atoms with van der Waals surface area (Å²) in [5.74, 6) is 0.475. The van der Waals surface area contributed by atoms with Gasteiger partial charge in [0.15, 0.2) is 0 Å². The summed E-state index contributed by atoms with van der Waals surface area (Å²) in [6.45, 7) is 0. The highest BCUT2D eigenvalue weighted by atomic mass is 16.5. The molecule has 2 heterocycles. The minimum Gasteiger partial charge on any atom is -0.467 e. The van der Waals surface area contributed by atoms with E-state index in [0.29, 0.717) is 6.42 Å². The maximum Gasteiger partial charge on any atom is 0.330 e. The van der Waals surface area contributed by atoms with Crippen molar-refractivity contribution in [2.24, 2.45) is 4.99 Å². The van der Waals surface area contributed by atoms with E-state index in [1.807, 2.05) is 12.1 Å². The molecular formula is C11H14N4O2. The highest BCUT2D eigenvalue weighted by Gasteiger charge is 2.24. The van der Waals surface area contributed by atoms with Crippen molar-refractivity contribution in [2.45, 2.75) is 18.9 Å². The van der Waals surface area contributed by atoms with Gasteiger partial charge in [-0.05, 0) is 18.6 Å². The number of hydrazine groups is 1. The number of ether oxygens (including phenoxy) is 1. The normalized spacial score (nSPS) is 18.4. The van der Waals surface area contributed by atoms with Crippen molar-refractivity contribution in [3.63, 3.8) is 0 Å². The van der Waals surface area contributed by atoms with Crippen LogP contribution in [0, 0.1) is 0 Å². The second-order valence-electron chi connectivity index (χ2n) is 3.64. The average Bonchev–Trinajstić information content (AvgIpc) is 2.85. The second kappa shape index (κ2) is 5.29. The van der Waals surface area contributed by atoms with Crippen molar-refractivity contribution in [3.8, 4) is 0 Å². The molecule has 1 aromatic rings. The minimum atomic E-state index is -0.373. The quantitative estimate of drug-likeness (QED) is 0.595. The van der Waals surface area contributed by atoms with Crippen LogP contribution in [0.4, 0.5) is 5.69 Å². The second-order valence-corrected chi connectivity index (χ2v) is 3.64. The number of carbonyl (C=O) groups is 1. The van der Waals surface area contributed by atoms with Crippen LogP contribution in [0.2, 0.25) is 0 Å². The predicted octanol–water partition coefficient (Wildman–Crippen LogP) is 0.732. The number of methoxy groups -OCH3 is 1. The van der Waals surface area contributed by atoms with Crippen LogP contribution in [0.5, 0.6) is 0 Å². The van der Waals surface area contributed by atoms with Gasteiger partial charge in [0.1, 0.15) is 11.9 Å². The van der Waals surface area contributed by atoms with Gasteiger partial charge in [0.2, 0.25) is 0 Å². The first-order valence-electron chi connectivity index (χ1n) is 5.36. The number of pyridine rings is 1. The van der Waals surface area contributed by atoms with Crippen LogP contribution in [0.3, 0.4) is 0 Å². The third-order valence-corrected chi connectivity index (χ3v) is 2.47. The number of esters is 1. The fourth-order valence-corrected chi connectivity index (χ4v) is 1.57. The van der Waals surface area contributed by atoms with Crippen LogP contribution in [0.1, 0.15) is 12.8 Å². The number of nitrogens with one attached hydrogen (secondary N) is 2. The Balaban J connectivity index is 1.87. The third-order valence-electron chi connectivity index (χ3n) is 2.47. The number of aromatic nitrogens is 1. The first-order chi connectivity index (χ1) is 8.29. The standard InChI is InChI=1S/C11H14N4O2/c1-17-11(16)9-2-3-10(13-9)15-14-8-4-6-12-7-5-8/h4-7,9H,2-3H2,1H3,(H,12,14)(H,13,15). The highest BCUT2D eigenvalue weighted by Crippen LogP contribution is 2.13. The number of anilines is 1. The zero-order chi connectivity index (χ0) is 12.1. The van der Waals surface area contributed by atoms with Crippen LogP contribution in [0.15, 0.2) is 29.5 Å². The molecule has 1 aliphatic rings. The lowest BCUT2D eigenvalue weighted by Gasteiger charge is -2.08. The van der Waals surface area contributed by atoms with Gasteiger partial charge in [0, 0.05) is 18.8 Å². The molecule has 0 amide bonds. The Bertz CT molecular complexity index is 419. The molecule has 1 atom stereocenters. The summed E-state index contributed by atoms with van der Waals surface area (Å²) in [6, 6.07) is 3.29. The van der Waals surface area contributed by atoms with E-state index >= 15 is 0 Å². The molecule has 2 rings (SSSR count). The SMILES string of the molecule is COC(=O)C1CCC(NNc2ccncc2)=N1. The van der Waals surface area contributed by atoms with Crippen LogP contribution in [-0.2, 0) is 9.53 Å². The smallest absolute Gasteiger partial charge is 0.330 e. The fourth-order valence-electron chi connectivity index (χ4n) is 1.57. The van der Waals surface area contributed by atoms with Gasteiger partial charge >= 0.3 is 5.97 Å². The summed E-state index contributed by atoms with van der Waals surface area (Å²) >= 11 is 0. The summed E-state index contributed by atoms with van der Waals surface area (Å²) in [4.78, 5) is 19.4. The maximum absolute atomic E-state index is 11.2. The number of hydrogen-bond acceptors (Lipinski definition) is 6. The van der Waals surface area contributed by atoms with E-state index in [9.17, 15) is 4.79 Å². The molecular weight excluding hydrogens is 220 g/mol. The van der Waals surface area contributed by atoms with E-state index in [-0.39, 0.29) is 12.0 Å². The molecule has 90 valence electrons. The Labute approximate surface area is 99.1 Å². The Morgan fingerprint density at radius 1 is 1.41 bits per heavy atom. The van der Waals surface area contributed by atoms with Gasteiger partial charge in [-0.2, -0.15) is 0 Å². The molecule has 0 fully saturated rings. The molecule has 0 saturated heterocycles. The first kappa shape index (κ1) is 11.4. The fraction of sp³-hybridized carbons (Fsp3) is 0.364. The Morgan fingerprint density at radius 3 is 2.88 bits per heavy atom.